The highest BCUT2D eigenvalue weighted by atomic mass is 32.1. The SMILES string of the molecule is COCCNc1nc(N)c(C(=O)NC2CC(O)C2)s1. The smallest absolute Gasteiger partial charge is 0.265 e. The molecule has 7 nitrogen and oxygen atoms in total. The summed E-state index contributed by atoms with van der Waals surface area (Å²) >= 11 is 1.22. The van der Waals surface area contributed by atoms with E-state index >= 15 is 0 Å². The average molecular weight is 286 g/mol. The third-order valence-electron chi connectivity index (χ3n) is 2.89. The highest BCUT2D eigenvalue weighted by molar-refractivity contribution is 7.18. The van der Waals surface area contributed by atoms with Crippen molar-refractivity contribution in [2.75, 3.05) is 31.3 Å². The van der Waals surface area contributed by atoms with Crippen LogP contribution in [0.4, 0.5) is 10.9 Å². The number of nitrogens with two attached hydrogens (primary N) is 1. The number of thiazole rings is 1. The van der Waals surface area contributed by atoms with Crippen molar-refractivity contribution in [1.82, 2.24) is 10.3 Å². The highest BCUT2D eigenvalue weighted by Gasteiger charge is 2.29. The zero-order valence-electron chi connectivity index (χ0n) is 10.7. The molecule has 1 aliphatic rings. The minimum absolute atomic E-state index is 0.0360. The second kappa shape index (κ2) is 6.18. The maximum absolute atomic E-state index is 12.0. The third-order valence-corrected chi connectivity index (χ3v) is 3.92. The molecule has 0 aliphatic heterocycles. The van der Waals surface area contributed by atoms with Crippen LogP contribution in [0.5, 0.6) is 0 Å². The zero-order chi connectivity index (χ0) is 13.8. The van der Waals surface area contributed by atoms with Gasteiger partial charge in [-0.2, -0.15) is 0 Å². The molecular formula is C11H18N4O3S. The number of carbonyl (C=O) groups excluding carboxylic acids is 1. The van der Waals surface area contributed by atoms with Gasteiger partial charge >= 0.3 is 0 Å². The molecule has 1 aromatic rings. The van der Waals surface area contributed by atoms with Crippen molar-refractivity contribution < 1.29 is 14.6 Å². The van der Waals surface area contributed by atoms with Crippen molar-refractivity contribution in [3.05, 3.63) is 4.88 Å². The maximum atomic E-state index is 12.0. The summed E-state index contributed by atoms with van der Waals surface area (Å²) in [6.45, 7) is 1.17. The average Bonchev–Trinajstić information content (AvgIpc) is 2.69. The summed E-state index contributed by atoms with van der Waals surface area (Å²) in [6.07, 6.45) is 0.905. The van der Waals surface area contributed by atoms with Crippen LogP contribution in [-0.4, -0.2) is 48.4 Å². The van der Waals surface area contributed by atoms with Gasteiger partial charge in [-0.1, -0.05) is 11.3 Å². The molecule has 1 saturated carbocycles. The first-order valence-electron chi connectivity index (χ1n) is 6.08. The van der Waals surface area contributed by atoms with Gasteiger partial charge < -0.3 is 26.2 Å². The van der Waals surface area contributed by atoms with Crippen LogP contribution in [0.3, 0.4) is 0 Å². The number of methoxy groups -OCH3 is 1. The van der Waals surface area contributed by atoms with Crippen molar-refractivity contribution >= 4 is 28.2 Å². The normalized spacial score (nSPS) is 21.8. The van der Waals surface area contributed by atoms with E-state index in [-0.39, 0.29) is 23.9 Å². The maximum Gasteiger partial charge on any atom is 0.265 e. The molecule has 0 radical (unpaired) electrons. The molecule has 2 rings (SSSR count). The summed E-state index contributed by atoms with van der Waals surface area (Å²) in [5.74, 6) is -0.00557. The van der Waals surface area contributed by atoms with Crippen LogP contribution >= 0.6 is 11.3 Å². The second-order valence-corrected chi connectivity index (χ2v) is 5.45. The Bertz CT molecular complexity index is 445. The van der Waals surface area contributed by atoms with Crippen molar-refractivity contribution in [3.8, 4) is 0 Å². The molecule has 0 spiro atoms. The predicted molar refractivity (Wildman–Crippen MR) is 73.4 cm³/mol. The summed E-state index contributed by atoms with van der Waals surface area (Å²) in [5.41, 5.74) is 5.73. The molecule has 19 heavy (non-hydrogen) atoms. The van der Waals surface area contributed by atoms with Gasteiger partial charge in [0.25, 0.3) is 5.91 Å². The first kappa shape index (κ1) is 14.0. The predicted octanol–water partition coefficient (Wildman–Crippen LogP) is 0.0367. The minimum atomic E-state index is -0.296. The lowest BCUT2D eigenvalue weighted by atomic mass is 9.89. The van der Waals surface area contributed by atoms with Gasteiger partial charge in [-0.05, 0) is 12.8 Å². The van der Waals surface area contributed by atoms with Crippen LogP contribution in [0, 0.1) is 0 Å². The van der Waals surface area contributed by atoms with E-state index in [1.807, 2.05) is 0 Å². The molecule has 0 atom stereocenters. The van der Waals surface area contributed by atoms with Gasteiger partial charge in [0.15, 0.2) is 5.13 Å². The fraction of sp³-hybridized carbons (Fsp3) is 0.636. The monoisotopic (exact) mass is 286 g/mol. The number of rotatable bonds is 6. The molecule has 1 aliphatic carbocycles. The number of amides is 1. The Morgan fingerprint density at radius 2 is 2.37 bits per heavy atom. The molecule has 106 valence electrons. The first-order chi connectivity index (χ1) is 9.10. The van der Waals surface area contributed by atoms with Crippen molar-refractivity contribution in [3.63, 3.8) is 0 Å². The summed E-state index contributed by atoms with van der Waals surface area (Å²) < 4.78 is 4.91. The number of hydrogen-bond acceptors (Lipinski definition) is 7. The van der Waals surface area contributed by atoms with Gasteiger partial charge in [0.05, 0.1) is 12.7 Å². The van der Waals surface area contributed by atoms with Crippen LogP contribution in [0.25, 0.3) is 0 Å². The van der Waals surface area contributed by atoms with E-state index in [0.29, 0.717) is 36.0 Å². The standard InChI is InChI=1S/C11H18N4O3S/c1-18-3-2-13-11-15-9(12)8(19-11)10(17)14-6-4-7(16)5-6/h6-7,16H,2-5,12H2,1H3,(H,13,15)(H,14,17). The van der Waals surface area contributed by atoms with Gasteiger partial charge in [0.1, 0.15) is 10.7 Å². The Morgan fingerprint density at radius 1 is 1.63 bits per heavy atom. The number of nitrogens with zero attached hydrogens (tertiary/aromatic N) is 1. The van der Waals surface area contributed by atoms with Crippen LogP contribution in [0.15, 0.2) is 0 Å². The van der Waals surface area contributed by atoms with E-state index in [4.69, 9.17) is 10.5 Å². The molecule has 5 N–H and O–H groups in total. The van der Waals surface area contributed by atoms with Crippen LogP contribution in [-0.2, 0) is 4.74 Å². The third kappa shape index (κ3) is 3.55. The Balaban J connectivity index is 1.89. The van der Waals surface area contributed by atoms with E-state index < -0.39 is 0 Å². The number of ether oxygens (including phenoxy) is 1. The molecule has 1 aromatic heterocycles. The van der Waals surface area contributed by atoms with E-state index in [2.05, 4.69) is 15.6 Å². The van der Waals surface area contributed by atoms with Crippen LogP contribution < -0.4 is 16.4 Å². The molecule has 0 bridgehead atoms. The molecule has 1 heterocycles. The zero-order valence-corrected chi connectivity index (χ0v) is 11.5. The van der Waals surface area contributed by atoms with Gasteiger partial charge in [0, 0.05) is 19.7 Å². The van der Waals surface area contributed by atoms with E-state index in [1.54, 1.807) is 7.11 Å². The summed E-state index contributed by atoms with van der Waals surface area (Å²) in [6, 6.07) is 0.0360. The number of aliphatic hydroxyl groups excluding tert-OH is 1. The van der Waals surface area contributed by atoms with Gasteiger partial charge in [-0.15, -0.1) is 0 Å². The lowest BCUT2D eigenvalue weighted by Gasteiger charge is -2.31. The van der Waals surface area contributed by atoms with E-state index in [0.717, 1.165) is 0 Å². The van der Waals surface area contributed by atoms with Crippen LogP contribution in [0.1, 0.15) is 22.5 Å². The van der Waals surface area contributed by atoms with E-state index in [9.17, 15) is 9.90 Å². The lowest BCUT2D eigenvalue weighted by Crippen LogP contribution is -2.46. The summed E-state index contributed by atoms with van der Waals surface area (Å²) in [5, 5.41) is 15.6. The molecule has 0 saturated heterocycles. The molecule has 1 amide bonds. The topological polar surface area (TPSA) is 110 Å². The van der Waals surface area contributed by atoms with Gasteiger partial charge in [-0.3, -0.25) is 4.79 Å². The summed E-state index contributed by atoms with van der Waals surface area (Å²) in [4.78, 5) is 16.5. The number of nitrogen functional groups attached to an aromatic ring is 1. The first-order valence-corrected chi connectivity index (χ1v) is 6.90. The number of aromatic nitrogens is 1. The molecule has 0 unspecified atom stereocenters. The van der Waals surface area contributed by atoms with Gasteiger partial charge in [-0.25, -0.2) is 4.98 Å². The minimum Gasteiger partial charge on any atom is -0.393 e. The summed E-state index contributed by atoms with van der Waals surface area (Å²) in [7, 11) is 1.61. The second-order valence-electron chi connectivity index (χ2n) is 4.45. The van der Waals surface area contributed by atoms with Crippen LogP contribution in [0.2, 0.25) is 0 Å². The molecule has 8 heteroatoms. The molecular weight excluding hydrogens is 268 g/mol. The Labute approximate surface area is 115 Å². The van der Waals surface area contributed by atoms with Crippen molar-refractivity contribution in [2.45, 2.75) is 25.0 Å². The molecule has 0 aromatic carbocycles. The number of aliphatic hydroxyl groups is 1. The Hall–Kier alpha value is -1.38. The fourth-order valence-corrected chi connectivity index (χ4v) is 2.60. The number of hydrogen-bond donors (Lipinski definition) is 4. The quantitative estimate of drug-likeness (QED) is 0.550. The van der Waals surface area contributed by atoms with E-state index in [1.165, 1.54) is 11.3 Å². The fourth-order valence-electron chi connectivity index (χ4n) is 1.79. The van der Waals surface area contributed by atoms with Gasteiger partial charge in [0.2, 0.25) is 0 Å². The number of anilines is 2. The lowest BCUT2D eigenvalue weighted by molar-refractivity contribution is 0.0565. The van der Waals surface area contributed by atoms with Crippen molar-refractivity contribution in [1.29, 1.82) is 0 Å². The Kier molecular flexibility index (Phi) is 4.56. The Morgan fingerprint density at radius 3 is 3.00 bits per heavy atom. The highest BCUT2D eigenvalue weighted by Crippen LogP contribution is 2.26. The number of carbonyl (C=O) groups is 1. The molecule has 1 fully saturated rings. The number of nitrogens with one attached hydrogen (secondary N) is 2. The van der Waals surface area contributed by atoms with Crippen molar-refractivity contribution in [2.24, 2.45) is 0 Å². The largest absolute Gasteiger partial charge is 0.393 e.